The Labute approximate surface area is 201 Å². The first-order chi connectivity index (χ1) is 16.6. The molecule has 35 heavy (non-hydrogen) atoms. The first-order valence-corrected chi connectivity index (χ1v) is 11.7. The third kappa shape index (κ3) is 3.74. The maximum atomic E-state index is 15.4. The molecule has 0 unspecified atom stereocenters. The molecule has 2 aliphatic rings. The number of rotatable bonds is 2. The Morgan fingerprint density at radius 1 is 1.09 bits per heavy atom. The summed E-state index contributed by atoms with van der Waals surface area (Å²) in [5.41, 5.74) is 0.0134. The van der Waals surface area contributed by atoms with Crippen LogP contribution in [0.3, 0.4) is 0 Å². The van der Waals surface area contributed by atoms with E-state index in [0.29, 0.717) is 21.8 Å². The van der Waals surface area contributed by atoms with Crippen molar-refractivity contribution in [1.82, 2.24) is 9.58 Å². The smallest absolute Gasteiger partial charge is 0.408 e. The van der Waals surface area contributed by atoms with Crippen LogP contribution in [0.5, 0.6) is 5.75 Å². The number of hydrogen-bond donors (Lipinski definition) is 1. The second kappa shape index (κ2) is 8.33. The van der Waals surface area contributed by atoms with E-state index in [2.05, 4.69) is 0 Å². The van der Waals surface area contributed by atoms with Crippen molar-refractivity contribution in [1.29, 1.82) is 0 Å². The normalized spacial score (nSPS) is 18.4. The van der Waals surface area contributed by atoms with Gasteiger partial charge in [0.15, 0.2) is 11.4 Å². The fourth-order valence-corrected chi connectivity index (χ4v) is 5.59. The number of alkyl halides is 3. The average molecular weight is 505 g/mol. The van der Waals surface area contributed by atoms with Gasteiger partial charge in [-0.1, -0.05) is 30.3 Å². The second-order valence-electron chi connectivity index (χ2n) is 8.34. The largest absolute Gasteiger partial charge is 0.502 e. The van der Waals surface area contributed by atoms with Gasteiger partial charge in [-0.15, -0.1) is 11.8 Å². The lowest BCUT2D eigenvalue weighted by atomic mass is 9.93. The molecule has 2 atom stereocenters. The predicted octanol–water partition coefficient (Wildman–Crippen LogP) is 4.39. The van der Waals surface area contributed by atoms with Crippen molar-refractivity contribution in [2.75, 3.05) is 11.7 Å². The molecule has 5 rings (SSSR count). The van der Waals surface area contributed by atoms with E-state index >= 15 is 4.39 Å². The molecular formula is C24H19F4N3O3S. The fraction of sp³-hybridized carbons (Fsp3) is 0.250. The molecule has 1 N–H and O–H groups in total. The Kier molecular flexibility index (Phi) is 5.54. The van der Waals surface area contributed by atoms with Gasteiger partial charge in [0.25, 0.3) is 5.91 Å². The van der Waals surface area contributed by atoms with Gasteiger partial charge in [-0.05, 0) is 30.2 Å². The molecule has 1 amide bonds. The Hall–Kier alpha value is -3.47. The number of nitrogens with zero attached hydrogens (tertiary/aromatic N) is 3. The number of pyridine rings is 1. The summed E-state index contributed by atoms with van der Waals surface area (Å²) in [6.07, 6.45) is -3.55. The van der Waals surface area contributed by atoms with Crippen molar-refractivity contribution in [2.45, 2.75) is 35.8 Å². The van der Waals surface area contributed by atoms with E-state index < -0.39 is 53.5 Å². The van der Waals surface area contributed by atoms with Gasteiger partial charge in [0.1, 0.15) is 24.6 Å². The van der Waals surface area contributed by atoms with Crippen LogP contribution in [-0.2, 0) is 5.75 Å². The topological polar surface area (TPSA) is 65.8 Å². The van der Waals surface area contributed by atoms with Gasteiger partial charge >= 0.3 is 6.18 Å². The van der Waals surface area contributed by atoms with Gasteiger partial charge in [-0.3, -0.25) is 19.3 Å². The van der Waals surface area contributed by atoms with Crippen LogP contribution >= 0.6 is 11.8 Å². The van der Waals surface area contributed by atoms with Crippen molar-refractivity contribution in [3.8, 4) is 5.75 Å². The summed E-state index contributed by atoms with van der Waals surface area (Å²) < 4.78 is 57.7. The maximum Gasteiger partial charge on any atom is 0.408 e. The highest BCUT2D eigenvalue weighted by molar-refractivity contribution is 7.98. The molecule has 0 fully saturated rings. The van der Waals surface area contributed by atoms with Gasteiger partial charge in [-0.25, -0.2) is 4.39 Å². The lowest BCUT2D eigenvalue weighted by Crippen LogP contribution is -2.60. The molecule has 2 aliphatic heterocycles. The lowest BCUT2D eigenvalue weighted by Gasteiger charge is -2.46. The van der Waals surface area contributed by atoms with Crippen LogP contribution < -0.4 is 10.4 Å². The third-order valence-corrected chi connectivity index (χ3v) is 7.48. The molecule has 0 saturated heterocycles. The quantitative estimate of drug-likeness (QED) is 0.524. The Morgan fingerprint density at radius 2 is 1.83 bits per heavy atom. The standard InChI is InChI=1S/C24H19F4N3O3S/c1-13(24(26,27)28)29-12-31(30-10-9-17(32)22(33)21(30)23(29)34)20-15-6-2-3-8-18(15)35-11-14-5-4-7-16(25)19(14)20/h2-10,13,20,33H,11-12H2,1H3/t13-,20+/m0/s1. The van der Waals surface area contributed by atoms with E-state index in [-0.39, 0.29) is 5.56 Å². The van der Waals surface area contributed by atoms with E-state index in [1.165, 1.54) is 29.0 Å². The number of amides is 1. The summed E-state index contributed by atoms with van der Waals surface area (Å²) in [5.74, 6) is -2.24. The number of fused-ring (bicyclic) bond motifs is 3. The summed E-state index contributed by atoms with van der Waals surface area (Å²) in [6.45, 7) is 0.265. The van der Waals surface area contributed by atoms with Crippen LogP contribution in [0.2, 0.25) is 0 Å². The number of carbonyl (C=O) groups is 1. The lowest BCUT2D eigenvalue weighted by molar-refractivity contribution is -0.173. The summed E-state index contributed by atoms with van der Waals surface area (Å²) >= 11 is 1.46. The molecule has 11 heteroatoms. The summed E-state index contributed by atoms with van der Waals surface area (Å²) in [4.78, 5) is 26.6. The van der Waals surface area contributed by atoms with Crippen LogP contribution in [-0.4, -0.2) is 39.5 Å². The second-order valence-corrected chi connectivity index (χ2v) is 9.35. The molecule has 3 heterocycles. The Balaban J connectivity index is 1.80. The molecule has 0 bridgehead atoms. The van der Waals surface area contributed by atoms with E-state index in [1.54, 1.807) is 24.3 Å². The van der Waals surface area contributed by atoms with Crippen LogP contribution in [0.25, 0.3) is 0 Å². The number of aromatic nitrogens is 1. The van der Waals surface area contributed by atoms with Crippen molar-refractivity contribution < 1.29 is 27.5 Å². The molecule has 1 aromatic heterocycles. The number of benzene rings is 2. The molecule has 0 radical (unpaired) electrons. The highest BCUT2D eigenvalue weighted by atomic mass is 32.2. The van der Waals surface area contributed by atoms with Gasteiger partial charge in [0, 0.05) is 28.5 Å². The zero-order valence-corrected chi connectivity index (χ0v) is 19.1. The van der Waals surface area contributed by atoms with Crippen LogP contribution in [0.4, 0.5) is 17.6 Å². The average Bonchev–Trinajstić information content (AvgIpc) is 2.98. The van der Waals surface area contributed by atoms with Gasteiger partial charge in [0.2, 0.25) is 5.43 Å². The van der Waals surface area contributed by atoms with Gasteiger partial charge in [0.05, 0.1) is 0 Å². The zero-order valence-electron chi connectivity index (χ0n) is 18.3. The molecule has 0 spiro atoms. The van der Waals surface area contributed by atoms with Crippen LogP contribution in [0, 0.1) is 5.82 Å². The third-order valence-electron chi connectivity index (χ3n) is 6.34. The van der Waals surface area contributed by atoms with Crippen molar-refractivity contribution in [3.63, 3.8) is 0 Å². The minimum atomic E-state index is -4.77. The minimum absolute atomic E-state index is 0.253. The van der Waals surface area contributed by atoms with Crippen molar-refractivity contribution in [2.24, 2.45) is 0 Å². The molecule has 0 aliphatic carbocycles. The van der Waals surface area contributed by atoms with E-state index in [4.69, 9.17) is 0 Å². The summed E-state index contributed by atoms with van der Waals surface area (Å²) in [6, 6.07) is 9.58. The number of aromatic hydroxyl groups is 1. The highest BCUT2D eigenvalue weighted by Gasteiger charge is 2.47. The van der Waals surface area contributed by atoms with Crippen LogP contribution in [0.15, 0.2) is 64.4 Å². The SMILES string of the molecule is C[C@H](N1CN([C@@H]2c3ccccc3SCc3cccc(F)c32)n2ccc(=O)c(O)c2C1=O)C(F)(F)F. The molecule has 3 aromatic rings. The Morgan fingerprint density at radius 3 is 2.57 bits per heavy atom. The number of hydrogen-bond acceptors (Lipinski definition) is 5. The molecule has 0 saturated carbocycles. The molecule has 182 valence electrons. The summed E-state index contributed by atoms with van der Waals surface area (Å²) in [5, 5.41) is 11.8. The summed E-state index contributed by atoms with van der Waals surface area (Å²) in [7, 11) is 0. The molecular weight excluding hydrogens is 486 g/mol. The van der Waals surface area contributed by atoms with Crippen LogP contribution in [0.1, 0.15) is 40.1 Å². The first-order valence-electron chi connectivity index (χ1n) is 10.7. The van der Waals surface area contributed by atoms with Crippen molar-refractivity contribution >= 4 is 17.7 Å². The maximum absolute atomic E-state index is 15.4. The number of thioether (sulfide) groups is 1. The zero-order chi connectivity index (χ0) is 25.1. The van der Waals surface area contributed by atoms with E-state index in [0.717, 1.165) is 22.6 Å². The van der Waals surface area contributed by atoms with Crippen molar-refractivity contribution in [3.05, 3.63) is 93.2 Å². The number of halogens is 4. The highest BCUT2D eigenvalue weighted by Crippen LogP contribution is 2.44. The van der Waals surface area contributed by atoms with Gasteiger partial charge < -0.3 is 10.0 Å². The number of carbonyl (C=O) groups excluding carboxylic acids is 1. The van der Waals surface area contributed by atoms with E-state index in [9.17, 15) is 27.9 Å². The predicted molar refractivity (Wildman–Crippen MR) is 121 cm³/mol. The minimum Gasteiger partial charge on any atom is -0.502 e. The molecule has 6 nitrogen and oxygen atoms in total. The van der Waals surface area contributed by atoms with Gasteiger partial charge in [-0.2, -0.15) is 13.2 Å². The molecule has 2 aromatic carbocycles. The monoisotopic (exact) mass is 505 g/mol. The van der Waals surface area contributed by atoms with E-state index in [1.807, 2.05) is 12.1 Å². The Bertz CT molecular complexity index is 1390. The first kappa shape index (κ1) is 23.3. The fourth-order valence-electron chi connectivity index (χ4n) is 4.51.